The SMILES string of the molecule is C=c1c(O)ccn/c1=C/C. The Kier molecular flexibility index (Phi) is 1.71. The minimum absolute atomic E-state index is 0.197. The summed E-state index contributed by atoms with van der Waals surface area (Å²) in [5.41, 5.74) is 0. The van der Waals surface area contributed by atoms with Crippen molar-refractivity contribution in [2.45, 2.75) is 6.92 Å². The Labute approximate surface area is 59.2 Å². The van der Waals surface area contributed by atoms with Crippen molar-refractivity contribution in [2.24, 2.45) is 0 Å². The van der Waals surface area contributed by atoms with Crippen LogP contribution in [0.5, 0.6) is 5.75 Å². The van der Waals surface area contributed by atoms with E-state index in [9.17, 15) is 0 Å². The van der Waals surface area contributed by atoms with Gasteiger partial charge in [-0.05, 0) is 13.0 Å². The van der Waals surface area contributed by atoms with Crippen LogP contribution in [0.2, 0.25) is 0 Å². The molecule has 1 heterocycles. The lowest BCUT2D eigenvalue weighted by molar-refractivity contribution is 0.469. The van der Waals surface area contributed by atoms with Crippen LogP contribution in [0, 0.1) is 0 Å². The number of rotatable bonds is 0. The molecule has 0 spiro atoms. The van der Waals surface area contributed by atoms with Gasteiger partial charge in [0, 0.05) is 11.4 Å². The second kappa shape index (κ2) is 2.52. The van der Waals surface area contributed by atoms with Gasteiger partial charge >= 0.3 is 0 Å². The first-order valence-electron chi connectivity index (χ1n) is 3.05. The van der Waals surface area contributed by atoms with E-state index in [4.69, 9.17) is 5.11 Å². The molecule has 1 aromatic rings. The van der Waals surface area contributed by atoms with Crippen molar-refractivity contribution in [3.63, 3.8) is 0 Å². The first-order valence-corrected chi connectivity index (χ1v) is 3.05. The van der Waals surface area contributed by atoms with E-state index in [1.54, 1.807) is 6.20 Å². The molecule has 0 saturated carbocycles. The average molecular weight is 135 g/mol. The third-order valence-electron chi connectivity index (χ3n) is 1.34. The molecule has 0 bridgehead atoms. The highest BCUT2D eigenvalue weighted by molar-refractivity contribution is 5.27. The fraction of sp³-hybridized carbons (Fsp3) is 0.125. The Hall–Kier alpha value is -1.31. The number of hydrogen-bond acceptors (Lipinski definition) is 2. The van der Waals surface area contributed by atoms with Crippen LogP contribution < -0.4 is 10.6 Å². The number of nitrogens with zero attached hydrogens (tertiary/aromatic N) is 1. The maximum Gasteiger partial charge on any atom is 0.125 e. The summed E-state index contributed by atoms with van der Waals surface area (Å²) >= 11 is 0. The van der Waals surface area contributed by atoms with Crippen LogP contribution in [0.4, 0.5) is 0 Å². The number of aromatic hydroxyl groups is 1. The van der Waals surface area contributed by atoms with E-state index in [0.29, 0.717) is 5.22 Å². The van der Waals surface area contributed by atoms with Crippen LogP contribution in [0.1, 0.15) is 6.92 Å². The lowest BCUT2D eigenvalue weighted by Gasteiger charge is -1.89. The Morgan fingerprint density at radius 3 is 2.90 bits per heavy atom. The molecule has 1 N–H and O–H groups in total. The summed E-state index contributed by atoms with van der Waals surface area (Å²) in [7, 11) is 0. The molecule has 10 heavy (non-hydrogen) atoms. The van der Waals surface area contributed by atoms with E-state index >= 15 is 0 Å². The molecule has 0 aromatic carbocycles. The van der Waals surface area contributed by atoms with Crippen molar-refractivity contribution >= 4 is 12.7 Å². The molecule has 0 aliphatic heterocycles. The smallest absolute Gasteiger partial charge is 0.125 e. The van der Waals surface area contributed by atoms with Crippen LogP contribution in [0.3, 0.4) is 0 Å². The van der Waals surface area contributed by atoms with Crippen molar-refractivity contribution in [3.05, 3.63) is 22.8 Å². The molecular formula is C8H9NO. The summed E-state index contributed by atoms with van der Waals surface area (Å²) in [6.07, 6.45) is 3.36. The molecule has 0 aliphatic rings. The van der Waals surface area contributed by atoms with Crippen LogP contribution in [0.25, 0.3) is 12.7 Å². The van der Waals surface area contributed by atoms with Crippen molar-refractivity contribution in [2.75, 3.05) is 0 Å². The van der Waals surface area contributed by atoms with Gasteiger partial charge in [-0.2, -0.15) is 0 Å². The van der Waals surface area contributed by atoms with Gasteiger partial charge in [0.05, 0.1) is 5.35 Å². The molecule has 52 valence electrons. The number of aromatic nitrogens is 1. The zero-order chi connectivity index (χ0) is 7.56. The molecule has 2 nitrogen and oxygen atoms in total. The Balaban J connectivity index is 3.60. The number of hydrogen-bond donors (Lipinski definition) is 1. The Morgan fingerprint density at radius 2 is 2.40 bits per heavy atom. The molecular weight excluding hydrogens is 126 g/mol. The van der Waals surface area contributed by atoms with Crippen molar-refractivity contribution < 1.29 is 5.11 Å². The zero-order valence-corrected chi connectivity index (χ0v) is 5.83. The maximum atomic E-state index is 9.11. The summed E-state index contributed by atoms with van der Waals surface area (Å²) in [5.74, 6) is 0.197. The standard InChI is InChI=1S/C8H9NO/c1-3-7-6(2)8(10)4-5-9-7/h3-5,10H,2H2,1H3/b7-3+. The van der Waals surface area contributed by atoms with Gasteiger partial charge in [-0.1, -0.05) is 12.7 Å². The van der Waals surface area contributed by atoms with Gasteiger partial charge in [0.15, 0.2) is 0 Å². The summed E-state index contributed by atoms with van der Waals surface area (Å²) in [6.45, 7) is 5.50. The van der Waals surface area contributed by atoms with Crippen LogP contribution in [0.15, 0.2) is 12.3 Å². The van der Waals surface area contributed by atoms with Gasteiger partial charge in [-0.15, -0.1) is 0 Å². The molecule has 1 rings (SSSR count). The molecule has 0 aliphatic carbocycles. The van der Waals surface area contributed by atoms with E-state index in [-0.39, 0.29) is 5.75 Å². The third-order valence-corrected chi connectivity index (χ3v) is 1.34. The minimum Gasteiger partial charge on any atom is -0.507 e. The van der Waals surface area contributed by atoms with Crippen molar-refractivity contribution in [1.82, 2.24) is 4.98 Å². The van der Waals surface area contributed by atoms with E-state index in [1.165, 1.54) is 6.07 Å². The molecule has 2 heteroatoms. The zero-order valence-electron chi connectivity index (χ0n) is 5.83. The van der Waals surface area contributed by atoms with Crippen LogP contribution in [-0.4, -0.2) is 10.1 Å². The quantitative estimate of drug-likeness (QED) is 0.543. The van der Waals surface area contributed by atoms with Gasteiger partial charge in [-0.3, -0.25) is 4.98 Å². The average Bonchev–Trinajstić information content (AvgIpc) is 1.95. The summed E-state index contributed by atoms with van der Waals surface area (Å²) in [5, 5.41) is 10.4. The first-order chi connectivity index (χ1) is 4.75. The predicted octanol–water partition coefficient (Wildman–Crippen LogP) is -0.00210. The first kappa shape index (κ1) is 6.81. The summed E-state index contributed by atoms with van der Waals surface area (Å²) in [4.78, 5) is 3.98. The highest BCUT2D eigenvalue weighted by Crippen LogP contribution is 1.90. The fourth-order valence-corrected chi connectivity index (χ4v) is 0.747. The number of pyridine rings is 1. The second-order valence-electron chi connectivity index (χ2n) is 1.98. The molecule has 1 aromatic heterocycles. The van der Waals surface area contributed by atoms with Crippen molar-refractivity contribution in [3.8, 4) is 5.75 Å². The Morgan fingerprint density at radius 1 is 1.70 bits per heavy atom. The molecule has 0 fully saturated rings. The van der Waals surface area contributed by atoms with Crippen molar-refractivity contribution in [1.29, 1.82) is 0 Å². The third kappa shape index (κ3) is 1.00. The van der Waals surface area contributed by atoms with Gasteiger partial charge in [-0.25, -0.2) is 0 Å². The van der Waals surface area contributed by atoms with Gasteiger partial charge in [0.2, 0.25) is 0 Å². The lowest BCUT2D eigenvalue weighted by atomic mass is 10.3. The van der Waals surface area contributed by atoms with Crippen LogP contribution >= 0.6 is 0 Å². The monoisotopic (exact) mass is 135 g/mol. The molecule has 0 unspecified atom stereocenters. The summed E-state index contributed by atoms with van der Waals surface area (Å²) < 4.78 is 0. The largest absolute Gasteiger partial charge is 0.507 e. The van der Waals surface area contributed by atoms with Crippen LogP contribution in [-0.2, 0) is 0 Å². The molecule has 0 atom stereocenters. The second-order valence-corrected chi connectivity index (χ2v) is 1.98. The molecule has 0 saturated heterocycles. The fourth-order valence-electron chi connectivity index (χ4n) is 0.747. The topological polar surface area (TPSA) is 33.1 Å². The van der Waals surface area contributed by atoms with E-state index < -0.39 is 0 Å². The van der Waals surface area contributed by atoms with E-state index in [0.717, 1.165) is 5.35 Å². The van der Waals surface area contributed by atoms with Gasteiger partial charge in [0.25, 0.3) is 0 Å². The lowest BCUT2D eigenvalue weighted by Crippen LogP contribution is -2.25. The van der Waals surface area contributed by atoms with E-state index in [2.05, 4.69) is 11.6 Å². The Bertz CT molecular complexity index is 330. The highest BCUT2D eigenvalue weighted by atomic mass is 16.3. The predicted molar refractivity (Wildman–Crippen MR) is 40.8 cm³/mol. The maximum absolute atomic E-state index is 9.11. The van der Waals surface area contributed by atoms with Gasteiger partial charge < -0.3 is 5.11 Å². The highest BCUT2D eigenvalue weighted by Gasteiger charge is 1.87. The molecule has 0 amide bonds. The summed E-state index contributed by atoms with van der Waals surface area (Å²) in [6, 6.07) is 1.52. The van der Waals surface area contributed by atoms with E-state index in [1.807, 2.05) is 13.0 Å². The normalized spacial score (nSPS) is 11.9. The van der Waals surface area contributed by atoms with Gasteiger partial charge in [0.1, 0.15) is 5.75 Å². The molecule has 0 radical (unpaired) electrons. The minimum atomic E-state index is 0.197.